The van der Waals surface area contributed by atoms with Gasteiger partial charge in [0, 0.05) is 16.7 Å². The van der Waals surface area contributed by atoms with Crippen molar-refractivity contribution >= 4 is 18.6 Å². The first-order valence-corrected chi connectivity index (χ1v) is 8.30. The van der Waals surface area contributed by atoms with E-state index in [0.717, 1.165) is 11.3 Å². The third-order valence-electron chi connectivity index (χ3n) is 3.85. The second-order valence-electron chi connectivity index (χ2n) is 7.46. The van der Waals surface area contributed by atoms with Crippen LogP contribution in [0.15, 0.2) is 40.1 Å². The zero-order valence-electron chi connectivity index (χ0n) is 15.9. The topological polar surface area (TPSA) is 98.3 Å². The molecule has 1 amide bonds. The van der Waals surface area contributed by atoms with Crippen LogP contribution in [0.2, 0.25) is 0 Å². The van der Waals surface area contributed by atoms with Crippen LogP contribution in [0.25, 0.3) is 0 Å². The zero-order valence-corrected chi connectivity index (χ0v) is 15.9. The lowest BCUT2D eigenvalue weighted by atomic mass is 9.86. The molecule has 0 aliphatic carbocycles. The number of aliphatic imine (C=N–C) groups is 2. The van der Waals surface area contributed by atoms with Gasteiger partial charge in [0.25, 0.3) is 0 Å². The minimum Gasteiger partial charge on any atom is -0.492 e. The Kier molecular flexibility index (Phi) is 5.51. The molecule has 1 aliphatic rings. The zero-order chi connectivity index (χ0) is 19.5. The molecule has 26 heavy (non-hydrogen) atoms. The summed E-state index contributed by atoms with van der Waals surface area (Å²) in [7, 11) is 0. The highest BCUT2D eigenvalue weighted by Gasteiger charge is 2.35. The number of carbonyl (C=O) groups is 1. The molecule has 7 heteroatoms. The molecule has 1 heterocycles. The Morgan fingerprint density at radius 1 is 1.46 bits per heavy atom. The fourth-order valence-electron chi connectivity index (χ4n) is 2.44. The maximum absolute atomic E-state index is 11.9. The van der Waals surface area contributed by atoms with Crippen molar-refractivity contribution in [2.75, 3.05) is 6.61 Å². The minimum absolute atomic E-state index is 0.0710. The van der Waals surface area contributed by atoms with Crippen LogP contribution in [0.1, 0.15) is 40.2 Å². The highest BCUT2D eigenvalue weighted by molar-refractivity contribution is 5.86. The molecular weight excluding hydrogens is 332 g/mol. The SMILES string of the molecule is C=NC(=N/C=C(\C)NC(=O)C(C)(C)N)Oc1cccc2c1C(C)(C)CO2. The lowest BCUT2D eigenvalue weighted by Crippen LogP contribution is -2.48. The van der Waals surface area contributed by atoms with Crippen LogP contribution in [0.4, 0.5) is 0 Å². The predicted octanol–water partition coefficient (Wildman–Crippen LogP) is 2.51. The van der Waals surface area contributed by atoms with E-state index >= 15 is 0 Å². The molecule has 0 aromatic heterocycles. The van der Waals surface area contributed by atoms with Crippen molar-refractivity contribution in [3.63, 3.8) is 0 Å². The largest absolute Gasteiger partial charge is 0.492 e. The average Bonchev–Trinajstić information content (AvgIpc) is 2.86. The van der Waals surface area contributed by atoms with Gasteiger partial charge >= 0.3 is 6.02 Å². The van der Waals surface area contributed by atoms with Gasteiger partial charge in [0.1, 0.15) is 11.5 Å². The first-order chi connectivity index (χ1) is 12.0. The van der Waals surface area contributed by atoms with Gasteiger partial charge in [-0.3, -0.25) is 4.79 Å². The lowest BCUT2D eigenvalue weighted by Gasteiger charge is -2.18. The van der Waals surface area contributed by atoms with Gasteiger partial charge in [0.15, 0.2) is 0 Å². The Labute approximate surface area is 154 Å². The first-order valence-electron chi connectivity index (χ1n) is 8.30. The van der Waals surface area contributed by atoms with Gasteiger partial charge in [-0.05, 0) is 39.6 Å². The van der Waals surface area contributed by atoms with Gasteiger partial charge in [-0.2, -0.15) is 0 Å². The summed E-state index contributed by atoms with van der Waals surface area (Å²) in [5.41, 5.74) is 6.07. The second-order valence-corrected chi connectivity index (χ2v) is 7.46. The van der Waals surface area contributed by atoms with Crippen LogP contribution < -0.4 is 20.5 Å². The molecule has 1 aromatic carbocycles. The fraction of sp³-hybridized carbons (Fsp3) is 0.421. The Balaban J connectivity index is 2.20. The van der Waals surface area contributed by atoms with Crippen molar-refractivity contribution in [2.45, 2.75) is 45.6 Å². The normalized spacial score (nSPS) is 16.5. The summed E-state index contributed by atoms with van der Waals surface area (Å²) >= 11 is 0. The number of rotatable bonds is 4. The van der Waals surface area contributed by atoms with Crippen LogP contribution in [0.3, 0.4) is 0 Å². The maximum Gasteiger partial charge on any atom is 0.321 e. The van der Waals surface area contributed by atoms with Crippen molar-refractivity contribution in [1.82, 2.24) is 5.32 Å². The maximum atomic E-state index is 11.9. The van der Waals surface area contributed by atoms with Gasteiger partial charge in [-0.25, -0.2) is 9.98 Å². The number of hydrogen-bond donors (Lipinski definition) is 2. The molecule has 140 valence electrons. The third-order valence-corrected chi connectivity index (χ3v) is 3.85. The van der Waals surface area contributed by atoms with Gasteiger partial charge in [0.05, 0.1) is 18.3 Å². The Morgan fingerprint density at radius 3 is 2.77 bits per heavy atom. The summed E-state index contributed by atoms with van der Waals surface area (Å²) in [5.74, 6) is 1.10. The molecule has 0 atom stereocenters. The number of nitrogens with one attached hydrogen (secondary N) is 1. The quantitative estimate of drug-likeness (QED) is 0.638. The van der Waals surface area contributed by atoms with Crippen molar-refractivity contribution < 1.29 is 14.3 Å². The van der Waals surface area contributed by atoms with Crippen molar-refractivity contribution in [1.29, 1.82) is 0 Å². The second kappa shape index (κ2) is 7.29. The molecule has 1 aromatic rings. The minimum atomic E-state index is -0.981. The number of nitrogens with zero attached hydrogens (tertiary/aromatic N) is 2. The smallest absolute Gasteiger partial charge is 0.321 e. The first kappa shape index (κ1) is 19.7. The van der Waals surface area contributed by atoms with Gasteiger partial charge in [-0.15, -0.1) is 0 Å². The third kappa shape index (κ3) is 4.49. The van der Waals surface area contributed by atoms with Crippen LogP contribution in [-0.4, -0.2) is 30.8 Å². The highest BCUT2D eigenvalue weighted by atomic mass is 16.5. The Morgan fingerprint density at radius 2 is 2.15 bits per heavy atom. The molecule has 0 saturated heterocycles. The number of ether oxygens (including phenoxy) is 2. The van der Waals surface area contributed by atoms with Crippen molar-refractivity contribution in [3.8, 4) is 11.5 Å². The van der Waals surface area contributed by atoms with E-state index in [2.05, 4.69) is 35.9 Å². The molecule has 0 fully saturated rings. The number of fused-ring (bicyclic) bond motifs is 1. The molecule has 1 aliphatic heterocycles. The molecule has 0 radical (unpaired) electrons. The number of nitrogens with two attached hydrogens (primary N) is 1. The van der Waals surface area contributed by atoms with E-state index in [4.69, 9.17) is 15.2 Å². The Hall–Kier alpha value is -2.67. The fourth-order valence-corrected chi connectivity index (χ4v) is 2.44. The van der Waals surface area contributed by atoms with E-state index in [0.29, 0.717) is 18.1 Å². The average molecular weight is 358 g/mol. The van der Waals surface area contributed by atoms with Gasteiger partial charge < -0.3 is 20.5 Å². The number of amidine groups is 1. The molecule has 0 bridgehead atoms. The number of benzene rings is 1. The van der Waals surface area contributed by atoms with E-state index in [1.807, 2.05) is 18.2 Å². The van der Waals surface area contributed by atoms with E-state index in [1.165, 1.54) is 6.20 Å². The van der Waals surface area contributed by atoms with Crippen LogP contribution in [0.5, 0.6) is 11.5 Å². The highest BCUT2D eigenvalue weighted by Crippen LogP contribution is 2.44. The number of carbonyl (C=O) groups excluding carboxylic acids is 1. The molecular formula is C19H26N4O3. The van der Waals surface area contributed by atoms with Crippen LogP contribution >= 0.6 is 0 Å². The molecule has 0 saturated carbocycles. The molecule has 2 rings (SSSR count). The van der Waals surface area contributed by atoms with E-state index in [1.54, 1.807) is 20.8 Å². The van der Waals surface area contributed by atoms with E-state index < -0.39 is 5.54 Å². The predicted molar refractivity (Wildman–Crippen MR) is 103 cm³/mol. The number of allylic oxidation sites excluding steroid dienone is 1. The summed E-state index contributed by atoms with van der Waals surface area (Å²) in [6.07, 6.45) is 1.44. The van der Waals surface area contributed by atoms with Crippen molar-refractivity contribution in [3.05, 3.63) is 35.7 Å². The molecule has 7 nitrogen and oxygen atoms in total. The van der Waals surface area contributed by atoms with Crippen LogP contribution in [-0.2, 0) is 10.2 Å². The van der Waals surface area contributed by atoms with Crippen LogP contribution in [0, 0.1) is 0 Å². The van der Waals surface area contributed by atoms with Gasteiger partial charge in [0.2, 0.25) is 5.91 Å². The van der Waals surface area contributed by atoms with E-state index in [9.17, 15) is 4.79 Å². The van der Waals surface area contributed by atoms with Crippen molar-refractivity contribution in [2.24, 2.45) is 15.7 Å². The molecule has 0 unspecified atom stereocenters. The number of amides is 1. The van der Waals surface area contributed by atoms with E-state index in [-0.39, 0.29) is 17.3 Å². The monoisotopic (exact) mass is 358 g/mol. The summed E-state index contributed by atoms with van der Waals surface area (Å²) in [4.78, 5) is 19.8. The summed E-state index contributed by atoms with van der Waals surface area (Å²) in [5, 5.41) is 2.67. The molecule has 0 spiro atoms. The Bertz CT molecular complexity index is 773. The summed E-state index contributed by atoms with van der Waals surface area (Å²) < 4.78 is 11.5. The summed E-state index contributed by atoms with van der Waals surface area (Å²) in [6.45, 7) is 13.2. The number of hydrogen-bond acceptors (Lipinski definition) is 5. The molecule has 3 N–H and O–H groups in total. The summed E-state index contributed by atoms with van der Waals surface area (Å²) in [6, 6.07) is 5.66. The standard InChI is InChI=1S/C19H26N4O3/c1-12(23-16(24)19(4,5)20)10-22-17(21-6)26-14-9-7-8-13-15(14)18(2,3)11-25-13/h7-10H,6,11,20H2,1-5H3,(H,23,24)/b12-10+,22-17?. The van der Waals surface area contributed by atoms with Gasteiger partial charge in [-0.1, -0.05) is 19.9 Å². The lowest BCUT2D eigenvalue weighted by molar-refractivity contribution is -0.124.